The number of amides is 4. The number of thiophene rings is 1. The summed E-state index contributed by atoms with van der Waals surface area (Å²) >= 11 is 20.2. The van der Waals surface area contributed by atoms with Crippen LogP contribution in [0.3, 0.4) is 0 Å². The molecule has 2 aromatic heterocycles. The highest BCUT2D eigenvalue weighted by Gasteiger charge is 2.26. The molecular formula is C26H28Cl3N7O3S. The van der Waals surface area contributed by atoms with Gasteiger partial charge in [-0.3, -0.25) is 9.59 Å². The molecule has 0 spiro atoms. The molecule has 0 radical (unpaired) electrons. The second-order valence-electron chi connectivity index (χ2n) is 8.83. The normalized spacial score (nSPS) is 13.1. The summed E-state index contributed by atoms with van der Waals surface area (Å²) < 4.78 is 0. The first kappa shape index (κ1) is 29.9. The van der Waals surface area contributed by atoms with E-state index in [9.17, 15) is 14.4 Å². The minimum atomic E-state index is -0.508. The van der Waals surface area contributed by atoms with E-state index in [4.69, 9.17) is 34.8 Å². The number of nitrogens with zero attached hydrogens (tertiary/aromatic N) is 3. The summed E-state index contributed by atoms with van der Waals surface area (Å²) in [6.45, 7) is 5.33. The molecule has 4 N–H and O–H groups in total. The Labute approximate surface area is 251 Å². The Hall–Kier alpha value is -3.09. The Morgan fingerprint density at radius 3 is 2.48 bits per heavy atom. The number of hydrogen-bond acceptors (Lipinski definition) is 7. The standard InChI is InChI=1S/C26H28Cl3N7O3S/c1-3-35(26(39)30-2)13-15-14-40-23(21(15)29)25(38)34-22-18(24(37)33-20-5-4-16(27)12-32-20)10-17(28)11-19(22)36-8-6-31-7-9-36/h4-5,10-12,14,31H,3,6-9,13H2,1-2H3,(H,30,39)(H,34,38)(H,32,33,37). The monoisotopic (exact) mass is 623 g/mol. The van der Waals surface area contributed by atoms with Gasteiger partial charge in [0.15, 0.2) is 0 Å². The van der Waals surface area contributed by atoms with Crippen molar-refractivity contribution in [2.24, 2.45) is 0 Å². The molecule has 1 aliphatic rings. The Balaban J connectivity index is 1.68. The maximum absolute atomic E-state index is 13.6. The quantitative estimate of drug-likeness (QED) is 0.274. The molecule has 3 heterocycles. The molecule has 1 fully saturated rings. The molecule has 212 valence electrons. The second kappa shape index (κ2) is 13.5. The molecule has 0 aliphatic carbocycles. The molecule has 0 saturated carbocycles. The number of piperazine rings is 1. The van der Waals surface area contributed by atoms with E-state index in [-0.39, 0.29) is 33.9 Å². The number of pyridine rings is 1. The summed E-state index contributed by atoms with van der Waals surface area (Å²) in [7, 11) is 1.55. The maximum Gasteiger partial charge on any atom is 0.317 e. The van der Waals surface area contributed by atoms with Crippen LogP contribution < -0.4 is 26.2 Å². The van der Waals surface area contributed by atoms with Gasteiger partial charge >= 0.3 is 6.03 Å². The molecule has 1 aromatic carbocycles. The van der Waals surface area contributed by atoms with Crippen LogP contribution in [0, 0.1) is 0 Å². The van der Waals surface area contributed by atoms with Crippen LogP contribution in [0.25, 0.3) is 0 Å². The van der Waals surface area contributed by atoms with Crippen molar-refractivity contribution in [1.29, 1.82) is 0 Å². The van der Waals surface area contributed by atoms with Gasteiger partial charge in [-0.25, -0.2) is 9.78 Å². The number of benzene rings is 1. The first-order valence-electron chi connectivity index (χ1n) is 12.5. The van der Waals surface area contributed by atoms with Gasteiger partial charge in [0, 0.05) is 63.1 Å². The Morgan fingerprint density at radius 2 is 1.82 bits per heavy atom. The van der Waals surface area contributed by atoms with E-state index in [1.54, 1.807) is 35.5 Å². The lowest BCUT2D eigenvalue weighted by Crippen LogP contribution is -2.44. The first-order valence-corrected chi connectivity index (χ1v) is 14.5. The Kier molecular flexibility index (Phi) is 10.1. The second-order valence-corrected chi connectivity index (χ2v) is 11.0. The van der Waals surface area contributed by atoms with E-state index in [2.05, 4.69) is 31.2 Å². The summed E-state index contributed by atoms with van der Waals surface area (Å²) in [5.74, 6) is -0.703. The highest BCUT2D eigenvalue weighted by atomic mass is 35.5. The number of rotatable bonds is 8. The predicted molar refractivity (Wildman–Crippen MR) is 162 cm³/mol. The fraction of sp³-hybridized carbons (Fsp3) is 0.308. The third kappa shape index (κ3) is 6.97. The molecule has 14 heteroatoms. The zero-order valence-corrected chi connectivity index (χ0v) is 24.9. The predicted octanol–water partition coefficient (Wildman–Crippen LogP) is 5.18. The highest BCUT2D eigenvalue weighted by Crippen LogP contribution is 2.36. The van der Waals surface area contributed by atoms with E-state index in [1.165, 1.54) is 12.3 Å². The molecule has 10 nitrogen and oxygen atoms in total. The van der Waals surface area contributed by atoms with Crippen molar-refractivity contribution in [2.75, 3.05) is 55.3 Å². The minimum Gasteiger partial charge on any atom is -0.367 e. The lowest BCUT2D eigenvalue weighted by Gasteiger charge is -2.32. The third-order valence-electron chi connectivity index (χ3n) is 6.24. The smallest absolute Gasteiger partial charge is 0.317 e. The van der Waals surface area contributed by atoms with Crippen LogP contribution in [-0.4, -0.2) is 67.5 Å². The zero-order valence-electron chi connectivity index (χ0n) is 21.8. The van der Waals surface area contributed by atoms with Crippen molar-refractivity contribution in [3.63, 3.8) is 0 Å². The van der Waals surface area contributed by atoms with Crippen LogP contribution >= 0.6 is 46.1 Å². The molecule has 0 bridgehead atoms. The maximum atomic E-state index is 13.6. The van der Waals surface area contributed by atoms with Crippen LogP contribution in [0.1, 0.15) is 32.5 Å². The van der Waals surface area contributed by atoms with Crippen molar-refractivity contribution < 1.29 is 14.4 Å². The fourth-order valence-corrected chi connectivity index (χ4v) is 5.76. The van der Waals surface area contributed by atoms with Crippen molar-refractivity contribution in [3.05, 3.63) is 66.9 Å². The van der Waals surface area contributed by atoms with Crippen LogP contribution in [0.2, 0.25) is 15.1 Å². The van der Waals surface area contributed by atoms with Crippen LogP contribution in [0.4, 0.5) is 22.0 Å². The van der Waals surface area contributed by atoms with Gasteiger partial charge in [0.25, 0.3) is 11.8 Å². The van der Waals surface area contributed by atoms with Crippen molar-refractivity contribution in [3.8, 4) is 0 Å². The number of aromatic nitrogens is 1. The summed E-state index contributed by atoms with van der Waals surface area (Å²) in [5.41, 5.74) is 1.72. The molecule has 3 aromatic rings. The van der Waals surface area contributed by atoms with Crippen LogP contribution in [0.15, 0.2) is 35.8 Å². The van der Waals surface area contributed by atoms with Gasteiger partial charge in [-0.2, -0.15) is 0 Å². The Bertz CT molecular complexity index is 1390. The first-order chi connectivity index (χ1) is 19.2. The zero-order chi connectivity index (χ0) is 28.8. The van der Waals surface area contributed by atoms with Gasteiger partial charge in [0.1, 0.15) is 10.7 Å². The van der Waals surface area contributed by atoms with Gasteiger partial charge in [-0.1, -0.05) is 34.8 Å². The van der Waals surface area contributed by atoms with Gasteiger partial charge in [-0.15, -0.1) is 11.3 Å². The number of urea groups is 1. The Morgan fingerprint density at radius 1 is 1.07 bits per heavy atom. The topological polar surface area (TPSA) is 119 Å². The largest absolute Gasteiger partial charge is 0.367 e. The van der Waals surface area contributed by atoms with E-state index < -0.39 is 11.8 Å². The number of nitrogens with one attached hydrogen (secondary N) is 4. The molecular weight excluding hydrogens is 597 g/mol. The molecule has 4 amide bonds. The number of carbonyl (C=O) groups is 3. The molecule has 4 rings (SSSR count). The van der Waals surface area contributed by atoms with Crippen LogP contribution in [0.5, 0.6) is 0 Å². The molecule has 0 atom stereocenters. The van der Waals surface area contributed by atoms with Gasteiger partial charge in [0.2, 0.25) is 0 Å². The summed E-state index contributed by atoms with van der Waals surface area (Å²) in [6.07, 6.45) is 1.42. The SMILES string of the molecule is CCN(Cc1csc(C(=O)Nc2c(C(=O)Nc3ccc(Cl)cn3)cc(Cl)cc2N2CCNCC2)c1Cl)C(=O)NC. The van der Waals surface area contributed by atoms with Crippen LogP contribution in [-0.2, 0) is 6.54 Å². The highest BCUT2D eigenvalue weighted by molar-refractivity contribution is 7.13. The van der Waals surface area contributed by atoms with Crippen molar-refractivity contribution >= 4 is 81.2 Å². The fourth-order valence-electron chi connectivity index (χ4n) is 4.19. The average molecular weight is 625 g/mol. The molecule has 1 aliphatic heterocycles. The number of carbonyl (C=O) groups excluding carboxylic acids is 3. The van der Waals surface area contributed by atoms with E-state index in [0.717, 1.165) is 24.4 Å². The minimum absolute atomic E-state index is 0.163. The van der Waals surface area contributed by atoms with Gasteiger partial charge in [-0.05, 0) is 36.6 Å². The lowest BCUT2D eigenvalue weighted by molar-refractivity contribution is 0.102. The van der Waals surface area contributed by atoms with Gasteiger partial charge in [0.05, 0.1) is 27.0 Å². The summed E-state index contributed by atoms with van der Waals surface area (Å²) in [6, 6.07) is 6.16. The third-order valence-corrected chi connectivity index (χ3v) is 8.26. The number of halogens is 3. The lowest BCUT2D eigenvalue weighted by atomic mass is 10.1. The molecule has 1 saturated heterocycles. The number of anilines is 3. The van der Waals surface area contributed by atoms with Crippen molar-refractivity contribution in [2.45, 2.75) is 13.5 Å². The number of hydrogen-bond donors (Lipinski definition) is 4. The van der Waals surface area contributed by atoms with Gasteiger partial charge < -0.3 is 31.1 Å². The van der Waals surface area contributed by atoms with E-state index in [0.29, 0.717) is 46.6 Å². The summed E-state index contributed by atoms with van der Waals surface area (Å²) in [5, 5.41) is 14.3. The van der Waals surface area contributed by atoms with E-state index >= 15 is 0 Å². The van der Waals surface area contributed by atoms with E-state index in [1.807, 2.05) is 6.92 Å². The van der Waals surface area contributed by atoms with Crippen molar-refractivity contribution in [1.82, 2.24) is 20.5 Å². The summed E-state index contributed by atoms with van der Waals surface area (Å²) in [4.78, 5) is 47.2. The average Bonchev–Trinajstić information content (AvgIpc) is 3.33. The molecule has 0 unspecified atom stereocenters. The molecule has 40 heavy (non-hydrogen) atoms.